The van der Waals surface area contributed by atoms with Gasteiger partial charge in [-0.1, -0.05) is 0 Å². The van der Waals surface area contributed by atoms with Crippen molar-refractivity contribution in [3.05, 3.63) is 15.6 Å². The number of hydrogen-bond acceptors (Lipinski definition) is 4. The molecule has 0 unspecified atom stereocenters. The summed E-state index contributed by atoms with van der Waals surface area (Å²) < 4.78 is 0. The Balaban J connectivity index is 1.85. The van der Waals surface area contributed by atoms with Crippen LogP contribution in [0.2, 0.25) is 0 Å². The third-order valence-electron chi connectivity index (χ3n) is 3.27. The number of thiazole rings is 1. The molecule has 1 aliphatic heterocycles. The van der Waals surface area contributed by atoms with Crippen molar-refractivity contribution in [2.75, 3.05) is 32.1 Å². The Hall–Kier alpha value is -0.650. The molecule has 1 fully saturated rings. The summed E-state index contributed by atoms with van der Waals surface area (Å²) >= 11 is 7.32. The minimum absolute atomic E-state index is 0.0391. The van der Waals surface area contributed by atoms with Gasteiger partial charge in [-0.25, -0.2) is 4.98 Å². The maximum Gasteiger partial charge on any atom is 0.237 e. The first-order chi connectivity index (χ1) is 8.60. The van der Waals surface area contributed by atoms with Crippen LogP contribution in [0.5, 0.6) is 0 Å². The van der Waals surface area contributed by atoms with Crippen LogP contribution in [0.25, 0.3) is 0 Å². The van der Waals surface area contributed by atoms with Crippen LogP contribution in [0.15, 0.2) is 0 Å². The number of carbonyl (C=O) groups is 1. The van der Waals surface area contributed by atoms with Crippen LogP contribution in [0.3, 0.4) is 0 Å². The summed E-state index contributed by atoms with van der Waals surface area (Å²) in [4.78, 5) is 21.5. The first kappa shape index (κ1) is 13.8. The minimum atomic E-state index is 0.0391. The minimum Gasteiger partial charge on any atom is -0.339 e. The number of rotatable bonds is 3. The van der Waals surface area contributed by atoms with Gasteiger partial charge in [0.15, 0.2) is 0 Å². The molecule has 0 aromatic carbocycles. The summed E-state index contributed by atoms with van der Waals surface area (Å²) in [6, 6.07) is 0. The summed E-state index contributed by atoms with van der Waals surface area (Å²) in [6.07, 6.45) is 0. The fraction of sp³-hybridized carbons (Fsp3) is 0.667. The van der Waals surface area contributed by atoms with E-state index in [1.165, 1.54) is 9.88 Å². The highest BCUT2D eigenvalue weighted by Gasteiger charge is 2.21. The Bertz CT molecular complexity index is 407. The number of alkyl halides is 1. The Morgan fingerprint density at radius 2 is 2.00 bits per heavy atom. The molecular formula is C12H18ClN3OS. The van der Waals surface area contributed by atoms with Crippen molar-refractivity contribution in [1.82, 2.24) is 14.8 Å². The molecular weight excluding hydrogens is 270 g/mol. The zero-order valence-corrected chi connectivity index (χ0v) is 12.4. The maximum atomic E-state index is 11.4. The number of nitrogens with zero attached hydrogens (tertiary/aromatic N) is 3. The van der Waals surface area contributed by atoms with Gasteiger partial charge >= 0.3 is 0 Å². The average Bonchev–Trinajstić information content (AvgIpc) is 2.68. The summed E-state index contributed by atoms with van der Waals surface area (Å²) in [5.74, 6) is 0.127. The molecule has 18 heavy (non-hydrogen) atoms. The number of carbonyl (C=O) groups excluding carboxylic acids is 1. The van der Waals surface area contributed by atoms with E-state index in [-0.39, 0.29) is 11.8 Å². The van der Waals surface area contributed by atoms with E-state index in [4.69, 9.17) is 11.6 Å². The number of aryl methyl sites for hydroxylation is 2. The van der Waals surface area contributed by atoms with Gasteiger partial charge in [0, 0.05) is 31.1 Å². The molecule has 1 aromatic rings. The number of hydrogen-bond donors (Lipinski definition) is 0. The molecule has 0 N–H and O–H groups in total. The van der Waals surface area contributed by atoms with Gasteiger partial charge in [-0.05, 0) is 13.8 Å². The Morgan fingerprint density at radius 3 is 2.50 bits per heavy atom. The van der Waals surface area contributed by atoms with Gasteiger partial charge < -0.3 is 4.90 Å². The molecule has 0 saturated carbocycles. The normalized spacial score (nSPS) is 17.2. The van der Waals surface area contributed by atoms with Gasteiger partial charge in [0.05, 0.1) is 12.2 Å². The monoisotopic (exact) mass is 287 g/mol. The Labute approximate surface area is 117 Å². The third kappa shape index (κ3) is 3.22. The number of aromatic nitrogens is 1. The van der Waals surface area contributed by atoms with Gasteiger partial charge in [0.2, 0.25) is 5.91 Å². The molecule has 0 atom stereocenters. The number of halogens is 1. The molecule has 1 saturated heterocycles. The summed E-state index contributed by atoms with van der Waals surface area (Å²) in [5.41, 5.74) is 1.13. The van der Waals surface area contributed by atoms with Crippen LogP contribution in [0.1, 0.15) is 15.6 Å². The van der Waals surface area contributed by atoms with Crippen molar-refractivity contribution < 1.29 is 4.79 Å². The van der Waals surface area contributed by atoms with E-state index in [1.54, 1.807) is 11.3 Å². The van der Waals surface area contributed by atoms with Gasteiger partial charge in [0.25, 0.3) is 0 Å². The van der Waals surface area contributed by atoms with E-state index in [0.29, 0.717) is 0 Å². The van der Waals surface area contributed by atoms with E-state index in [2.05, 4.69) is 16.8 Å². The van der Waals surface area contributed by atoms with Crippen molar-refractivity contribution in [2.24, 2.45) is 0 Å². The topological polar surface area (TPSA) is 36.4 Å². The smallest absolute Gasteiger partial charge is 0.237 e. The molecule has 0 spiro atoms. The average molecular weight is 288 g/mol. The quantitative estimate of drug-likeness (QED) is 0.793. The summed E-state index contributed by atoms with van der Waals surface area (Å²) in [5, 5.41) is 1.17. The molecule has 0 aliphatic carbocycles. The standard InChI is InChI=1S/C12H18ClN3OS/c1-9-10(2)18-11(14-9)8-15-3-5-16(6-4-15)12(17)7-13/h3-8H2,1-2H3. The number of amides is 1. The van der Waals surface area contributed by atoms with Crippen LogP contribution >= 0.6 is 22.9 Å². The molecule has 1 amide bonds. The van der Waals surface area contributed by atoms with Crippen molar-refractivity contribution in [3.63, 3.8) is 0 Å². The van der Waals surface area contributed by atoms with Crippen LogP contribution in [0, 0.1) is 13.8 Å². The van der Waals surface area contributed by atoms with Gasteiger partial charge in [-0.2, -0.15) is 0 Å². The summed E-state index contributed by atoms with van der Waals surface area (Å²) in [6.45, 7) is 8.40. The van der Waals surface area contributed by atoms with E-state index < -0.39 is 0 Å². The molecule has 2 heterocycles. The van der Waals surface area contributed by atoms with Crippen LogP contribution in [0.4, 0.5) is 0 Å². The molecule has 6 heteroatoms. The first-order valence-corrected chi connectivity index (χ1v) is 7.44. The van der Waals surface area contributed by atoms with Crippen molar-refractivity contribution in [3.8, 4) is 0 Å². The molecule has 2 rings (SSSR count). The largest absolute Gasteiger partial charge is 0.339 e. The third-order valence-corrected chi connectivity index (χ3v) is 4.56. The predicted molar refractivity (Wildman–Crippen MR) is 74.2 cm³/mol. The molecule has 4 nitrogen and oxygen atoms in total. The van der Waals surface area contributed by atoms with E-state index in [0.717, 1.165) is 38.4 Å². The SMILES string of the molecule is Cc1nc(CN2CCN(C(=O)CCl)CC2)sc1C. The second-order valence-electron chi connectivity index (χ2n) is 4.54. The van der Waals surface area contributed by atoms with E-state index >= 15 is 0 Å². The van der Waals surface area contributed by atoms with Gasteiger partial charge in [-0.3, -0.25) is 9.69 Å². The lowest BCUT2D eigenvalue weighted by atomic mass is 10.3. The highest BCUT2D eigenvalue weighted by molar-refractivity contribution is 7.11. The zero-order valence-electron chi connectivity index (χ0n) is 10.8. The lowest BCUT2D eigenvalue weighted by Gasteiger charge is -2.33. The zero-order chi connectivity index (χ0) is 13.1. The molecule has 0 radical (unpaired) electrons. The van der Waals surface area contributed by atoms with Gasteiger partial charge in [-0.15, -0.1) is 22.9 Å². The lowest BCUT2D eigenvalue weighted by Crippen LogP contribution is -2.48. The molecule has 100 valence electrons. The van der Waals surface area contributed by atoms with Crippen LogP contribution in [-0.4, -0.2) is 52.8 Å². The van der Waals surface area contributed by atoms with Crippen molar-refractivity contribution in [2.45, 2.75) is 20.4 Å². The molecule has 0 bridgehead atoms. The molecule has 1 aliphatic rings. The van der Waals surface area contributed by atoms with Crippen molar-refractivity contribution >= 4 is 28.8 Å². The van der Waals surface area contributed by atoms with Crippen LogP contribution in [-0.2, 0) is 11.3 Å². The fourth-order valence-electron chi connectivity index (χ4n) is 2.04. The molecule has 1 aromatic heterocycles. The van der Waals surface area contributed by atoms with Crippen LogP contribution < -0.4 is 0 Å². The predicted octanol–water partition coefficient (Wildman–Crippen LogP) is 1.64. The second kappa shape index (κ2) is 5.99. The second-order valence-corrected chi connectivity index (χ2v) is 6.09. The highest BCUT2D eigenvalue weighted by atomic mass is 35.5. The van der Waals surface area contributed by atoms with E-state index in [1.807, 2.05) is 11.8 Å². The lowest BCUT2D eigenvalue weighted by molar-refractivity contribution is -0.130. The fourth-order valence-corrected chi connectivity index (χ4v) is 3.18. The Kier molecular flexibility index (Phi) is 4.59. The summed E-state index contributed by atoms with van der Waals surface area (Å²) in [7, 11) is 0. The first-order valence-electron chi connectivity index (χ1n) is 6.09. The van der Waals surface area contributed by atoms with Gasteiger partial charge in [0.1, 0.15) is 10.9 Å². The Morgan fingerprint density at radius 1 is 1.33 bits per heavy atom. The van der Waals surface area contributed by atoms with E-state index in [9.17, 15) is 4.79 Å². The highest BCUT2D eigenvalue weighted by Crippen LogP contribution is 2.18. The van der Waals surface area contributed by atoms with Crippen molar-refractivity contribution in [1.29, 1.82) is 0 Å². The maximum absolute atomic E-state index is 11.4. The number of piperazine rings is 1.